The molecule has 0 aliphatic heterocycles. The minimum absolute atomic E-state index is 0.0296. The highest BCUT2D eigenvalue weighted by Gasteiger charge is 2.33. The number of likely N-dealkylation sites (N-methyl/N-ethyl adjacent to an activating group) is 1. The largest absolute Gasteiger partial charge is 0.480 e. The van der Waals surface area contributed by atoms with Crippen LogP contribution in [0.25, 0.3) is 0 Å². The predicted molar refractivity (Wildman–Crippen MR) is 88.8 cm³/mol. The van der Waals surface area contributed by atoms with Crippen LogP contribution in [0.5, 0.6) is 0 Å². The van der Waals surface area contributed by atoms with Crippen molar-refractivity contribution in [2.75, 3.05) is 7.05 Å². The average molecular weight is 382 g/mol. The number of hydrogen-bond acceptors (Lipinski definition) is 4. The summed E-state index contributed by atoms with van der Waals surface area (Å²) in [6, 6.07) is 9.42. The van der Waals surface area contributed by atoms with Gasteiger partial charge in [-0.25, -0.2) is 9.59 Å². The average Bonchev–Trinajstić information content (AvgIpc) is 2.64. The van der Waals surface area contributed by atoms with Crippen molar-refractivity contribution in [2.24, 2.45) is 0 Å². The van der Waals surface area contributed by atoms with Gasteiger partial charge < -0.3 is 9.84 Å². The second kappa shape index (κ2) is 8.52. The molecule has 1 heterocycles. The Morgan fingerprint density at radius 3 is 2.33 bits per heavy atom. The summed E-state index contributed by atoms with van der Waals surface area (Å²) in [4.78, 5) is 27.8. The van der Waals surface area contributed by atoms with E-state index in [1.54, 1.807) is 30.3 Å². The highest BCUT2D eigenvalue weighted by molar-refractivity contribution is 5.80. The molecule has 1 amide bonds. The number of carbonyl (C=O) groups excluding carboxylic acids is 1. The number of halogens is 3. The number of ether oxygens (including phenoxy) is 1. The Bertz CT molecular complexity index is 779. The number of hydrogen-bond donors (Lipinski definition) is 1. The third-order valence-electron chi connectivity index (χ3n) is 3.79. The first-order valence-electron chi connectivity index (χ1n) is 7.87. The van der Waals surface area contributed by atoms with E-state index in [2.05, 4.69) is 4.98 Å². The number of amides is 1. The van der Waals surface area contributed by atoms with Crippen molar-refractivity contribution in [1.29, 1.82) is 0 Å². The highest BCUT2D eigenvalue weighted by atomic mass is 19.4. The lowest BCUT2D eigenvalue weighted by Gasteiger charge is -2.24. The molecule has 1 aromatic carbocycles. The number of pyridine rings is 1. The number of aliphatic carboxylic acids is 1. The van der Waals surface area contributed by atoms with Crippen LogP contribution in [0, 0.1) is 0 Å². The van der Waals surface area contributed by atoms with Gasteiger partial charge >= 0.3 is 18.2 Å². The molecule has 0 aliphatic carbocycles. The fourth-order valence-corrected chi connectivity index (χ4v) is 2.27. The molecule has 9 heteroatoms. The van der Waals surface area contributed by atoms with Crippen molar-refractivity contribution in [3.8, 4) is 0 Å². The first-order chi connectivity index (χ1) is 12.7. The fraction of sp³-hybridized carbons (Fsp3) is 0.278. The first kappa shape index (κ1) is 20.2. The molecular formula is C18H17F3N2O4. The monoisotopic (exact) mass is 382 g/mol. The molecule has 144 valence electrons. The van der Waals surface area contributed by atoms with Crippen LogP contribution in [0.15, 0.2) is 48.7 Å². The molecule has 0 radical (unpaired) electrons. The Labute approximate surface area is 153 Å². The summed E-state index contributed by atoms with van der Waals surface area (Å²) in [5, 5.41) is 9.37. The van der Waals surface area contributed by atoms with Crippen LogP contribution in [0.1, 0.15) is 16.8 Å². The van der Waals surface area contributed by atoms with E-state index in [1.807, 2.05) is 0 Å². The van der Waals surface area contributed by atoms with Crippen LogP contribution in [-0.4, -0.2) is 40.1 Å². The summed E-state index contributed by atoms with van der Waals surface area (Å²) in [5.74, 6) is -1.31. The van der Waals surface area contributed by atoms with Gasteiger partial charge in [-0.3, -0.25) is 9.88 Å². The number of alkyl halides is 3. The summed E-state index contributed by atoms with van der Waals surface area (Å²) in [5.41, 5.74) is -0.0927. The zero-order chi connectivity index (χ0) is 20.0. The third kappa shape index (κ3) is 5.70. The lowest BCUT2D eigenvalue weighted by Crippen LogP contribution is -2.44. The Kier molecular flexibility index (Phi) is 6.38. The Morgan fingerprint density at radius 1 is 1.15 bits per heavy atom. The molecule has 0 aliphatic rings. The molecular weight excluding hydrogens is 365 g/mol. The fourth-order valence-electron chi connectivity index (χ4n) is 2.27. The quantitative estimate of drug-likeness (QED) is 0.829. The molecule has 0 saturated carbocycles. The van der Waals surface area contributed by atoms with Gasteiger partial charge in [-0.1, -0.05) is 36.4 Å². The van der Waals surface area contributed by atoms with Crippen molar-refractivity contribution < 1.29 is 32.6 Å². The van der Waals surface area contributed by atoms with Crippen LogP contribution >= 0.6 is 0 Å². The molecule has 27 heavy (non-hydrogen) atoms. The van der Waals surface area contributed by atoms with E-state index < -0.39 is 30.0 Å². The molecule has 6 nitrogen and oxygen atoms in total. The van der Waals surface area contributed by atoms with Gasteiger partial charge in [0.25, 0.3) is 0 Å². The molecule has 0 saturated heterocycles. The maximum Gasteiger partial charge on any atom is 0.433 e. The third-order valence-corrected chi connectivity index (χ3v) is 3.79. The molecule has 1 aromatic heterocycles. The molecule has 2 aromatic rings. The van der Waals surface area contributed by atoms with Crippen molar-refractivity contribution in [3.05, 3.63) is 65.5 Å². The van der Waals surface area contributed by atoms with Crippen LogP contribution in [0.2, 0.25) is 0 Å². The molecule has 1 N–H and O–H groups in total. The number of carboxylic acids is 1. The smallest absolute Gasteiger partial charge is 0.433 e. The summed E-state index contributed by atoms with van der Waals surface area (Å²) < 4.78 is 42.7. The molecule has 1 unspecified atom stereocenters. The van der Waals surface area contributed by atoms with Crippen LogP contribution in [-0.2, 0) is 28.7 Å². The standard InChI is InChI=1S/C18H17F3N2O4/c1-23(17(26)27-11-12-5-3-2-4-6-12)14(16(24)25)9-13-7-8-15(22-10-13)18(19,20)21/h2-8,10,14H,9,11H2,1H3,(H,24,25). The number of carboxylic acid groups (broad SMARTS) is 1. The summed E-state index contributed by atoms with van der Waals surface area (Å²) in [6.45, 7) is -0.0296. The van der Waals surface area contributed by atoms with Gasteiger partial charge in [0, 0.05) is 19.7 Å². The summed E-state index contributed by atoms with van der Waals surface area (Å²) >= 11 is 0. The SMILES string of the molecule is CN(C(=O)OCc1ccccc1)C(Cc1ccc(C(F)(F)F)nc1)C(=O)O. The molecule has 1 atom stereocenters. The predicted octanol–water partition coefficient (Wildman–Crippen LogP) is 3.36. The zero-order valence-electron chi connectivity index (χ0n) is 14.3. The Morgan fingerprint density at radius 2 is 1.81 bits per heavy atom. The second-order valence-electron chi connectivity index (χ2n) is 5.76. The van der Waals surface area contributed by atoms with Gasteiger partial charge in [0.2, 0.25) is 0 Å². The van der Waals surface area contributed by atoms with Crippen molar-refractivity contribution in [1.82, 2.24) is 9.88 Å². The van der Waals surface area contributed by atoms with Crippen molar-refractivity contribution >= 4 is 12.1 Å². The van der Waals surface area contributed by atoms with Crippen molar-refractivity contribution in [2.45, 2.75) is 25.2 Å². The first-order valence-corrected chi connectivity index (χ1v) is 7.87. The van der Waals surface area contributed by atoms with E-state index in [9.17, 15) is 27.9 Å². The minimum atomic E-state index is -4.58. The van der Waals surface area contributed by atoms with E-state index >= 15 is 0 Å². The Hall–Kier alpha value is -3.10. The van der Waals surface area contributed by atoms with E-state index in [1.165, 1.54) is 7.05 Å². The van der Waals surface area contributed by atoms with Crippen LogP contribution in [0.4, 0.5) is 18.0 Å². The molecule has 0 bridgehead atoms. The van der Waals surface area contributed by atoms with E-state index in [4.69, 9.17) is 4.74 Å². The lowest BCUT2D eigenvalue weighted by atomic mass is 10.1. The van der Waals surface area contributed by atoms with E-state index in [0.29, 0.717) is 0 Å². The minimum Gasteiger partial charge on any atom is -0.480 e. The van der Waals surface area contributed by atoms with E-state index in [-0.39, 0.29) is 18.6 Å². The maximum atomic E-state index is 12.5. The van der Waals surface area contributed by atoms with Gasteiger partial charge in [0.1, 0.15) is 18.3 Å². The number of carbonyl (C=O) groups is 2. The Balaban J connectivity index is 2.02. The number of benzene rings is 1. The zero-order valence-corrected chi connectivity index (χ0v) is 14.3. The van der Waals surface area contributed by atoms with Crippen LogP contribution < -0.4 is 0 Å². The molecule has 2 rings (SSSR count). The molecule has 0 spiro atoms. The summed E-state index contributed by atoms with van der Waals surface area (Å²) in [7, 11) is 1.25. The van der Waals surface area contributed by atoms with Gasteiger partial charge in [-0.2, -0.15) is 13.2 Å². The second-order valence-corrected chi connectivity index (χ2v) is 5.76. The van der Waals surface area contributed by atoms with Gasteiger partial charge in [-0.05, 0) is 17.2 Å². The van der Waals surface area contributed by atoms with E-state index in [0.717, 1.165) is 28.8 Å². The van der Waals surface area contributed by atoms with Gasteiger partial charge in [0.05, 0.1) is 0 Å². The number of nitrogens with zero attached hydrogens (tertiary/aromatic N) is 2. The molecule has 0 fully saturated rings. The van der Waals surface area contributed by atoms with Crippen molar-refractivity contribution in [3.63, 3.8) is 0 Å². The van der Waals surface area contributed by atoms with Gasteiger partial charge in [0.15, 0.2) is 0 Å². The normalized spacial score (nSPS) is 12.3. The number of rotatable bonds is 6. The number of aromatic nitrogens is 1. The van der Waals surface area contributed by atoms with Gasteiger partial charge in [-0.15, -0.1) is 0 Å². The lowest BCUT2D eigenvalue weighted by molar-refractivity contribution is -0.143. The topological polar surface area (TPSA) is 79.7 Å². The maximum absolute atomic E-state index is 12.5. The highest BCUT2D eigenvalue weighted by Crippen LogP contribution is 2.27. The summed E-state index contributed by atoms with van der Waals surface area (Å²) in [6.07, 6.45) is -4.70. The van der Waals surface area contributed by atoms with Crippen LogP contribution in [0.3, 0.4) is 0 Å².